The Morgan fingerprint density at radius 2 is 2.33 bits per heavy atom. The molecule has 0 aromatic carbocycles. The molecule has 0 unspecified atom stereocenters. The van der Waals surface area contributed by atoms with Gasteiger partial charge in [0.25, 0.3) is 0 Å². The molecule has 4 heteroatoms. The standard InChI is InChI=1S/C11H13NO3/c1-3-4-8-15-10-7-5-6-9(2)11(10)12(13)14/h6H,3-4,8H2,1-2H3. The average molecular weight is 207 g/mol. The zero-order valence-corrected chi connectivity index (χ0v) is 8.87. The molecule has 1 aliphatic carbocycles. The van der Waals surface area contributed by atoms with Crippen LogP contribution < -0.4 is 0 Å². The van der Waals surface area contributed by atoms with E-state index in [0.29, 0.717) is 12.2 Å². The van der Waals surface area contributed by atoms with Crippen molar-refractivity contribution in [3.8, 4) is 0 Å². The normalized spacial score (nSPS) is 14.1. The topological polar surface area (TPSA) is 52.4 Å². The zero-order valence-electron chi connectivity index (χ0n) is 8.87. The molecule has 0 radical (unpaired) electrons. The van der Waals surface area contributed by atoms with Gasteiger partial charge >= 0.3 is 5.70 Å². The molecule has 15 heavy (non-hydrogen) atoms. The van der Waals surface area contributed by atoms with Crippen molar-refractivity contribution >= 4 is 0 Å². The van der Waals surface area contributed by atoms with E-state index in [1.165, 1.54) is 6.08 Å². The Kier molecular flexibility index (Phi) is 3.92. The SMILES string of the molecule is CCCCOC1=C=C=CC(C)=C1[N+](=O)[O-]. The molecule has 0 bridgehead atoms. The van der Waals surface area contributed by atoms with Crippen LogP contribution in [0.15, 0.2) is 34.6 Å². The van der Waals surface area contributed by atoms with Crippen LogP contribution >= 0.6 is 0 Å². The maximum atomic E-state index is 10.8. The van der Waals surface area contributed by atoms with Gasteiger partial charge in [-0.3, -0.25) is 10.1 Å². The summed E-state index contributed by atoms with van der Waals surface area (Å²) in [7, 11) is 0. The molecular formula is C11H13NO3. The van der Waals surface area contributed by atoms with Gasteiger partial charge in [0.2, 0.25) is 5.76 Å². The van der Waals surface area contributed by atoms with Crippen molar-refractivity contribution in [3.05, 3.63) is 44.7 Å². The first kappa shape index (κ1) is 11.3. The Hall–Kier alpha value is -1.76. The molecule has 1 rings (SSSR count). The maximum Gasteiger partial charge on any atom is 0.323 e. The van der Waals surface area contributed by atoms with Crippen LogP contribution in [0, 0.1) is 10.1 Å². The lowest BCUT2D eigenvalue weighted by molar-refractivity contribution is -0.425. The number of ether oxygens (including phenoxy) is 1. The van der Waals surface area contributed by atoms with Crippen LogP contribution in [0.2, 0.25) is 0 Å². The van der Waals surface area contributed by atoms with Crippen LogP contribution in [-0.4, -0.2) is 11.5 Å². The second kappa shape index (κ2) is 5.20. The first-order chi connectivity index (χ1) is 7.16. The minimum atomic E-state index is -0.443. The maximum absolute atomic E-state index is 10.8. The summed E-state index contributed by atoms with van der Waals surface area (Å²) < 4.78 is 5.29. The number of nitro groups is 1. The molecule has 0 heterocycles. The fourth-order valence-corrected chi connectivity index (χ4v) is 1.17. The highest BCUT2D eigenvalue weighted by atomic mass is 16.6. The molecular weight excluding hydrogens is 194 g/mol. The van der Waals surface area contributed by atoms with Crippen molar-refractivity contribution < 1.29 is 9.66 Å². The summed E-state index contributed by atoms with van der Waals surface area (Å²) in [6.45, 7) is 4.17. The summed E-state index contributed by atoms with van der Waals surface area (Å²) in [5, 5.41) is 10.8. The lowest BCUT2D eigenvalue weighted by atomic mass is 10.1. The van der Waals surface area contributed by atoms with E-state index in [4.69, 9.17) is 4.74 Å². The Morgan fingerprint density at radius 3 is 2.93 bits per heavy atom. The molecule has 0 amide bonds. The number of allylic oxidation sites excluding steroid dienone is 2. The fourth-order valence-electron chi connectivity index (χ4n) is 1.17. The molecule has 0 fully saturated rings. The summed E-state index contributed by atoms with van der Waals surface area (Å²) >= 11 is 0. The highest BCUT2D eigenvalue weighted by Gasteiger charge is 2.23. The zero-order chi connectivity index (χ0) is 11.3. The predicted molar refractivity (Wildman–Crippen MR) is 55.7 cm³/mol. The first-order valence-corrected chi connectivity index (χ1v) is 4.87. The average Bonchev–Trinajstić information content (AvgIpc) is 2.17. The number of hydrogen-bond donors (Lipinski definition) is 0. The molecule has 0 aliphatic heterocycles. The van der Waals surface area contributed by atoms with Crippen LogP contribution in [-0.2, 0) is 4.74 Å². The number of unbranched alkanes of at least 4 members (excludes halogenated alkanes) is 1. The third-order valence-corrected chi connectivity index (χ3v) is 1.99. The van der Waals surface area contributed by atoms with E-state index in [2.05, 4.69) is 11.5 Å². The van der Waals surface area contributed by atoms with Crippen LogP contribution in [0.1, 0.15) is 26.7 Å². The van der Waals surface area contributed by atoms with E-state index in [0.717, 1.165) is 12.8 Å². The van der Waals surface area contributed by atoms with E-state index < -0.39 is 4.92 Å². The van der Waals surface area contributed by atoms with Gasteiger partial charge in [-0.05, 0) is 25.2 Å². The van der Waals surface area contributed by atoms with Gasteiger partial charge in [0, 0.05) is 5.57 Å². The molecule has 0 saturated carbocycles. The number of nitrogens with zero attached hydrogens (tertiary/aromatic N) is 1. The smallest absolute Gasteiger partial charge is 0.323 e. The van der Waals surface area contributed by atoms with E-state index >= 15 is 0 Å². The molecule has 80 valence electrons. The Balaban J connectivity index is 2.82. The van der Waals surface area contributed by atoms with Crippen molar-refractivity contribution in [2.45, 2.75) is 26.7 Å². The highest BCUT2D eigenvalue weighted by Crippen LogP contribution is 2.19. The minimum absolute atomic E-state index is 0.00940. The van der Waals surface area contributed by atoms with Crippen molar-refractivity contribution in [3.63, 3.8) is 0 Å². The highest BCUT2D eigenvalue weighted by molar-refractivity contribution is 5.34. The molecule has 0 atom stereocenters. The molecule has 4 nitrogen and oxygen atoms in total. The van der Waals surface area contributed by atoms with Gasteiger partial charge in [0.1, 0.15) is 0 Å². The molecule has 0 aromatic rings. The Morgan fingerprint density at radius 1 is 1.60 bits per heavy atom. The van der Waals surface area contributed by atoms with Crippen molar-refractivity contribution in [1.82, 2.24) is 0 Å². The van der Waals surface area contributed by atoms with E-state index in [-0.39, 0.29) is 11.5 Å². The van der Waals surface area contributed by atoms with Gasteiger partial charge < -0.3 is 4.74 Å². The fraction of sp³-hybridized carbons (Fsp3) is 0.455. The van der Waals surface area contributed by atoms with Crippen molar-refractivity contribution in [2.24, 2.45) is 0 Å². The van der Waals surface area contributed by atoms with Gasteiger partial charge in [-0.1, -0.05) is 19.1 Å². The monoisotopic (exact) mass is 207 g/mol. The van der Waals surface area contributed by atoms with Crippen LogP contribution in [0.5, 0.6) is 0 Å². The van der Waals surface area contributed by atoms with Gasteiger partial charge in [-0.25, -0.2) is 0 Å². The van der Waals surface area contributed by atoms with Crippen LogP contribution in [0.25, 0.3) is 0 Å². The second-order valence-electron chi connectivity index (χ2n) is 3.23. The second-order valence-corrected chi connectivity index (χ2v) is 3.23. The molecule has 1 aliphatic rings. The van der Waals surface area contributed by atoms with Gasteiger partial charge in [-0.15, -0.1) is 0 Å². The minimum Gasteiger partial charge on any atom is -0.480 e. The lowest BCUT2D eigenvalue weighted by Crippen LogP contribution is -2.08. The molecule has 0 spiro atoms. The Labute approximate surface area is 88.4 Å². The molecule has 0 N–H and O–H groups in total. The summed E-state index contributed by atoms with van der Waals surface area (Å²) in [5.41, 5.74) is 5.86. The van der Waals surface area contributed by atoms with Crippen LogP contribution in [0.4, 0.5) is 0 Å². The van der Waals surface area contributed by atoms with Gasteiger partial charge in [0.15, 0.2) is 0 Å². The molecule has 0 saturated heterocycles. The van der Waals surface area contributed by atoms with E-state index in [9.17, 15) is 10.1 Å². The van der Waals surface area contributed by atoms with Gasteiger partial charge in [0.05, 0.1) is 11.5 Å². The van der Waals surface area contributed by atoms with Crippen molar-refractivity contribution in [1.29, 1.82) is 0 Å². The van der Waals surface area contributed by atoms with Crippen molar-refractivity contribution in [2.75, 3.05) is 6.61 Å². The third-order valence-electron chi connectivity index (χ3n) is 1.99. The summed E-state index contributed by atoms with van der Waals surface area (Å²) in [4.78, 5) is 10.3. The largest absolute Gasteiger partial charge is 0.480 e. The summed E-state index contributed by atoms with van der Waals surface area (Å²) in [6.07, 6.45) is 3.40. The first-order valence-electron chi connectivity index (χ1n) is 4.87. The number of rotatable bonds is 5. The quantitative estimate of drug-likeness (QED) is 0.301. The third kappa shape index (κ3) is 2.84. The van der Waals surface area contributed by atoms with Crippen LogP contribution in [0.3, 0.4) is 0 Å². The molecule has 0 aromatic heterocycles. The number of hydrogen-bond acceptors (Lipinski definition) is 3. The predicted octanol–water partition coefficient (Wildman–Crippen LogP) is 2.56. The van der Waals surface area contributed by atoms with E-state index in [1.54, 1.807) is 6.92 Å². The summed E-state index contributed by atoms with van der Waals surface area (Å²) in [5.74, 6) is 0.188. The lowest BCUT2D eigenvalue weighted by Gasteiger charge is -2.07. The summed E-state index contributed by atoms with van der Waals surface area (Å²) in [6, 6.07) is 0. The van der Waals surface area contributed by atoms with Gasteiger partial charge in [-0.2, -0.15) is 0 Å². The van der Waals surface area contributed by atoms with E-state index in [1.807, 2.05) is 6.92 Å². The Bertz CT molecular complexity index is 394.